The number of amides is 1. The molecule has 1 aliphatic heterocycles. The minimum Gasteiger partial charge on any atom is -0.493 e. The number of carbonyl (C=O) groups excluding carboxylic acids is 1. The van der Waals surface area contributed by atoms with Crippen LogP contribution in [0.15, 0.2) is 51.7 Å². The molecule has 1 aliphatic rings. The van der Waals surface area contributed by atoms with Crippen molar-refractivity contribution in [3.63, 3.8) is 0 Å². The molecule has 31 heavy (non-hydrogen) atoms. The minimum absolute atomic E-state index is 0.0477. The molecule has 3 aromatic rings. The van der Waals surface area contributed by atoms with Gasteiger partial charge < -0.3 is 23.5 Å². The fraction of sp³-hybridized carbons (Fsp3) is 0.333. The molecule has 2 aromatic carbocycles. The third kappa shape index (κ3) is 3.95. The van der Waals surface area contributed by atoms with E-state index in [1.165, 1.54) is 6.07 Å². The second-order valence-electron chi connectivity index (χ2n) is 7.35. The number of carbonyl (C=O) groups is 1. The highest BCUT2D eigenvalue weighted by molar-refractivity contribution is 5.83. The third-order valence-electron chi connectivity index (χ3n) is 5.63. The first kappa shape index (κ1) is 20.8. The molecule has 0 bridgehead atoms. The lowest BCUT2D eigenvalue weighted by atomic mass is 9.92. The van der Waals surface area contributed by atoms with Gasteiger partial charge in [-0.05, 0) is 41.8 Å². The van der Waals surface area contributed by atoms with Crippen molar-refractivity contribution in [3.05, 3.63) is 64.0 Å². The average Bonchev–Trinajstić information content (AvgIpc) is 2.80. The fourth-order valence-corrected chi connectivity index (χ4v) is 4.08. The lowest BCUT2D eigenvalue weighted by molar-refractivity contribution is -0.134. The Morgan fingerprint density at radius 2 is 1.84 bits per heavy atom. The van der Waals surface area contributed by atoms with Gasteiger partial charge in [-0.25, -0.2) is 4.79 Å². The number of para-hydroxylation sites is 1. The van der Waals surface area contributed by atoms with Gasteiger partial charge >= 0.3 is 5.63 Å². The molecule has 162 valence electrons. The Labute approximate surface area is 180 Å². The van der Waals surface area contributed by atoms with E-state index in [2.05, 4.69) is 0 Å². The lowest BCUT2D eigenvalue weighted by Crippen LogP contribution is -2.42. The van der Waals surface area contributed by atoms with E-state index in [-0.39, 0.29) is 18.6 Å². The maximum atomic E-state index is 12.7. The van der Waals surface area contributed by atoms with E-state index < -0.39 is 5.63 Å². The topological polar surface area (TPSA) is 78.2 Å². The molecule has 0 saturated carbocycles. The van der Waals surface area contributed by atoms with Crippen molar-refractivity contribution in [1.82, 2.24) is 4.90 Å². The van der Waals surface area contributed by atoms with Gasteiger partial charge in [0.2, 0.25) is 5.91 Å². The quantitative estimate of drug-likeness (QED) is 0.563. The molecule has 1 atom stereocenters. The number of ether oxygens (including phenoxy) is 3. The number of rotatable bonds is 6. The molecule has 4 rings (SSSR count). The Kier molecular flexibility index (Phi) is 5.84. The maximum absolute atomic E-state index is 12.7. The highest BCUT2D eigenvalue weighted by Crippen LogP contribution is 2.39. The van der Waals surface area contributed by atoms with Gasteiger partial charge in [0.25, 0.3) is 0 Å². The smallest absolute Gasteiger partial charge is 0.339 e. The van der Waals surface area contributed by atoms with E-state index in [1.807, 2.05) is 36.1 Å². The van der Waals surface area contributed by atoms with Crippen LogP contribution in [0.2, 0.25) is 0 Å². The SMILES string of the molecule is CCC(=O)N1CCc2cc(OC)c(OC)cc2C1COc1cc(=O)oc2ccccc12. The van der Waals surface area contributed by atoms with E-state index in [9.17, 15) is 9.59 Å². The lowest BCUT2D eigenvalue weighted by Gasteiger charge is -2.37. The van der Waals surface area contributed by atoms with Gasteiger partial charge in [-0.2, -0.15) is 0 Å². The second kappa shape index (κ2) is 8.71. The minimum atomic E-state index is -0.481. The Morgan fingerprint density at radius 1 is 1.10 bits per heavy atom. The zero-order valence-electron chi connectivity index (χ0n) is 17.8. The summed E-state index contributed by atoms with van der Waals surface area (Å²) in [6, 6.07) is 12.1. The van der Waals surface area contributed by atoms with Crippen LogP contribution in [0.25, 0.3) is 11.0 Å². The average molecular weight is 423 g/mol. The van der Waals surface area contributed by atoms with Crippen LogP contribution in [0, 0.1) is 0 Å². The number of fused-ring (bicyclic) bond motifs is 2. The summed E-state index contributed by atoms with van der Waals surface area (Å²) >= 11 is 0. The van der Waals surface area contributed by atoms with E-state index in [0.717, 1.165) is 17.5 Å². The Morgan fingerprint density at radius 3 is 2.58 bits per heavy atom. The van der Waals surface area contributed by atoms with Crippen molar-refractivity contribution >= 4 is 16.9 Å². The Balaban J connectivity index is 1.73. The highest BCUT2D eigenvalue weighted by atomic mass is 16.5. The van der Waals surface area contributed by atoms with Crippen LogP contribution in [-0.2, 0) is 11.2 Å². The number of benzene rings is 2. The van der Waals surface area contributed by atoms with Crippen LogP contribution in [0.1, 0.15) is 30.5 Å². The first-order chi connectivity index (χ1) is 15.0. The number of methoxy groups -OCH3 is 2. The van der Waals surface area contributed by atoms with Gasteiger partial charge in [-0.15, -0.1) is 0 Å². The van der Waals surface area contributed by atoms with Crippen LogP contribution in [0.5, 0.6) is 17.2 Å². The molecule has 0 saturated heterocycles. The van der Waals surface area contributed by atoms with Crippen molar-refractivity contribution in [1.29, 1.82) is 0 Å². The zero-order valence-corrected chi connectivity index (χ0v) is 17.8. The molecule has 1 aromatic heterocycles. The predicted octanol–water partition coefficient (Wildman–Crippen LogP) is 3.73. The van der Waals surface area contributed by atoms with Gasteiger partial charge in [0.1, 0.15) is 17.9 Å². The second-order valence-corrected chi connectivity index (χ2v) is 7.35. The standard InChI is InChI=1S/C24H25NO6/c1-4-23(26)25-10-9-15-11-21(28-2)22(29-3)12-17(15)18(25)14-30-20-13-24(27)31-19-8-6-5-7-16(19)20/h5-8,11-13,18H,4,9-10,14H2,1-3H3. The summed E-state index contributed by atoms with van der Waals surface area (Å²) in [6.07, 6.45) is 1.12. The number of hydrogen-bond donors (Lipinski definition) is 0. The normalized spacial score (nSPS) is 15.5. The van der Waals surface area contributed by atoms with Crippen molar-refractivity contribution < 1.29 is 23.4 Å². The molecule has 1 amide bonds. The molecule has 0 N–H and O–H groups in total. The number of hydrogen-bond acceptors (Lipinski definition) is 6. The monoisotopic (exact) mass is 423 g/mol. The van der Waals surface area contributed by atoms with Gasteiger partial charge in [-0.1, -0.05) is 19.1 Å². The molecule has 7 nitrogen and oxygen atoms in total. The van der Waals surface area contributed by atoms with E-state index in [0.29, 0.717) is 41.2 Å². The van der Waals surface area contributed by atoms with Crippen molar-refractivity contribution in [2.45, 2.75) is 25.8 Å². The van der Waals surface area contributed by atoms with E-state index in [1.54, 1.807) is 26.4 Å². The highest BCUT2D eigenvalue weighted by Gasteiger charge is 2.32. The molecule has 7 heteroatoms. The summed E-state index contributed by atoms with van der Waals surface area (Å²) in [7, 11) is 3.19. The fourth-order valence-electron chi connectivity index (χ4n) is 4.08. The maximum Gasteiger partial charge on any atom is 0.339 e. The van der Waals surface area contributed by atoms with Crippen LogP contribution < -0.4 is 19.8 Å². The molecular formula is C24H25NO6. The van der Waals surface area contributed by atoms with E-state index in [4.69, 9.17) is 18.6 Å². The van der Waals surface area contributed by atoms with Crippen LogP contribution in [-0.4, -0.2) is 38.2 Å². The summed E-state index contributed by atoms with van der Waals surface area (Å²) in [4.78, 5) is 26.5. The van der Waals surface area contributed by atoms with Gasteiger partial charge in [0, 0.05) is 13.0 Å². The molecule has 0 spiro atoms. The summed E-state index contributed by atoms with van der Waals surface area (Å²) in [5, 5.41) is 0.707. The van der Waals surface area contributed by atoms with Gasteiger partial charge in [0.05, 0.1) is 31.7 Å². The molecule has 2 heterocycles. The van der Waals surface area contributed by atoms with Crippen molar-refractivity contribution in [2.24, 2.45) is 0 Å². The van der Waals surface area contributed by atoms with Crippen molar-refractivity contribution in [2.75, 3.05) is 27.4 Å². The summed E-state index contributed by atoms with van der Waals surface area (Å²) in [5.41, 5.74) is 2.02. The summed E-state index contributed by atoms with van der Waals surface area (Å²) in [6.45, 7) is 2.63. The molecule has 0 fully saturated rings. The molecule has 0 aliphatic carbocycles. The zero-order chi connectivity index (χ0) is 22.0. The van der Waals surface area contributed by atoms with Gasteiger partial charge in [-0.3, -0.25) is 4.79 Å². The molecular weight excluding hydrogens is 398 g/mol. The van der Waals surface area contributed by atoms with E-state index >= 15 is 0 Å². The van der Waals surface area contributed by atoms with Crippen LogP contribution in [0.3, 0.4) is 0 Å². The first-order valence-corrected chi connectivity index (χ1v) is 10.3. The first-order valence-electron chi connectivity index (χ1n) is 10.3. The summed E-state index contributed by atoms with van der Waals surface area (Å²) < 4.78 is 22.3. The Hall–Kier alpha value is -3.48. The number of nitrogens with zero attached hydrogens (tertiary/aromatic N) is 1. The van der Waals surface area contributed by atoms with Crippen molar-refractivity contribution in [3.8, 4) is 17.2 Å². The van der Waals surface area contributed by atoms with Crippen LogP contribution >= 0.6 is 0 Å². The summed E-state index contributed by atoms with van der Waals surface area (Å²) in [5.74, 6) is 1.74. The molecule has 0 radical (unpaired) electrons. The predicted molar refractivity (Wildman–Crippen MR) is 116 cm³/mol. The largest absolute Gasteiger partial charge is 0.493 e. The molecule has 1 unspecified atom stereocenters. The van der Waals surface area contributed by atoms with Crippen LogP contribution in [0.4, 0.5) is 0 Å². The third-order valence-corrected chi connectivity index (χ3v) is 5.63. The Bertz CT molecular complexity index is 1170. The van der Waals surface area contributed by atoms with Gasteiger partial charge in [0.15, 0.2) is 11.5 Å².